The van der Waals surface area contributed by atoms with E-state index in [-0.39, 0.29) is 11.9 Å². The molecule has 0 aromatic heterocycles. The van der Waals surface area contributed by atoms with Crippen LogP contribution in [0, 0.1) is 17.2 Å². The molecule has 4 nitrogen and oxygen atoms in total. The van der Waals surface area contributed by atoms with Crippen molar-refractivity contribution >= 4 is 5.91 Å². The minimum atomic E-state index is -1.58. The van der Waals surface area contributed by atoms with E-state index in [1.54, 1.807) is 24.3 Å². The van der Waals surface area contributed by atoms with Crippen molar-refractivity contribution < 1.29 is 6.17 Å². The normalized spacial score (nSPS) is 24.0. The van der Waals surface area contributed by atoms with Crippen LogP contribution >= 0.6 is 0 Å². The third-order valence-electron chi connectivity index (χ3n) is 4.97. The summed E-state index contributed by atoms with van der Waals surface area (Å²) in [5, 5.41) is 12.6. The Morgan fingerprint density at radius 1 is 1.15 bits per heavy atom. The molecule has 0 aliphatic carbocycles. The Labute approximate surface area is 156 Å². The topological polar surface area (TPSA) is 56.1 Å². The summed E-state index contributed by atoms with van der Waals surface area (Å²) in [5.74, 6) is -1.12. The molecule has 0 spiro atoms. The van der Waals surface area contributed by atoms with Crippen molar-refractivity contribution in [3.05, 3.63) is 83.1 Å². The van der Waals surface area contributed by atoms with Gasteiger partial charge in [0.05, 0.1) is 13.5 Å². The molecule has 3 atom stereocenters. The standard InChI is InChI=1S/C22H23N3O/c1-15-16(2)25(17(3)18-10-6-4-7-11-18)21(20(15)14-23)24-22(26)19-12-8-5-9-13-19/h4-13,17,20-21H,1-3H3,(H,24,26)/i21D. The van der Waals surface area contributed by atoms with Gasteiger partial charge in [-0.05, 0) is 44.0 Å². The molecule has 0 saturated carbocycles. The molecule has 1 aliphatic rings. The molecule has 3 rings (SSSR count). The molecule has 1 amide bonds. The Kier molecular flexibility index (Phi) is 4.70. The van der Waals surface area contributed by atoms with Gasteiger partial charge in [0.1, 0.15) is 12.1 Å². The first-order chi connectivity index (χ1) is 12.9. The fourth-order valence-corrected chi connectivity index (χ4v) is 3.37. The van der Waals surface area contributed by atoms with Crippen LogP contribution in [0.5, 0.6) is 0 Å². The van der Waals surface area contributed by atoms with Gasteiger partial charge < -0.3 is 10.2 Å². The van der Waals surface area contributed by atoms with Gasteiger partial charge in [-0.1, -0.05) is 48.5 Å². The second kappa shape index (κ2) is 7.45. The van der Waals surface area contributed by atoms with Crippen molar-refractivity contribution in [3.8, 4) is 6.07 Å². The summed E-state index contributed by atoms with van der Waals surface area (Å²) in [4.78, 5) is 14.6. The zero-order chi connectivity index (χ0) is 19.6. The SMILES string of the molecule is [2H]C1(NC(=O)c2ccccc2)C(C#N)C(C)=C(C)N1C(C)c1ccccc1. The molecule has 1 aliphatic heterocycles. The predicted molar refractivity (Wildman–Crippen MR) is 102 cm³/mol. The molecule has 1 heterocycles. The fraction of sp³-hybridized carbons (Fsp3) is 0.273. The van der Waals surface area contributed by atoms with E-state index in [1.165, 1.54) is 0 Å². The van der Waals surface area contributed by atoms with Gasteiger partial charge in [-0.15, -0.1) is 0 Å². The van der Waals surface area contributed by atoms with Crippen LogP contribution in [0.4, 0.5) is 0 Å². The summed E-state index contributed by atoms with van der Waals surface area (Å²) < 4.78 is 9.15. The zero-order valence-corrected chi connectivity index (χ0v) is 15.2. The Bertz CT molecular complexity index is 904. The van der Waals surface area contributed by atoms with Crippen LogP contribution in [-0.4, -0.2) is 16.9 Å². The van der Waals surface area contributed by atoms with E-state index in [9.17, 15) is 10.1 Å². The van der Waals surface area contributed by atoms with Crippen molar-refractivity contribution in [1.29, 1.82) is 5.26 Å². The number of nitrogens with one attached hydrogen (secondary N) is 1. The molecular formula is C22H23N3O. The van der Waals surface area contributed by atoms with Crippen molar-refractivity contribution in [2.45, 2.75) is 33.0 Å². The summed E-state index contributed by atoms with van der Waals surface area (Å²) in [6.45, 7) is 5.76. The van der Waals surface area contributed by atoms with Gasteiger partial charge in [0.25, 0.3) is 5.91 Å². The first-order valence-corrected chi connectivity index (χ1v) is 8.69. The van der Waals surface area contributed by atoms with Crippen LogP contribution in [0.2, 0.25) is 0 Å². The summed E-state index contributed by atoms with van der Waals surface area (Å²) >= 11 is 0. The van der Waals surface area contributed by atoms with Crippen molar-refractivity contribution in [3.63, 3.8) is 0 Å². The van der Waals surface area contributed by atoms with Gasteiger partial charge in [0.15, 0.2) is 0 Å². The molecule has 2 aromatic carbocycles. The van der Waals surface area contributed by atoms with Crippen LogP contribution in [0.1, 0.15) is 44.1 Å². The summed E-state index contributed by atoms with van der Waals surface area (Å²) in [6, 6.07) is 20.7. The van der Waals surface area contributed by atoms with Crippen molar-refractivity contribution in [2.24, 2.45) is 5.92 Å². The van der Waals surface area contributed by atoms with Crippen LogP contribution in [0.25, 0.3) is 0 Å². The van der Waals surface area contributed by atoms with Crippen LogP contribution in [0.15, 0.2) is 71.9 Å². The van der Waals surface area contributed by atoms with E-state index >= 15 is 0 Å². The number of carbonyl (C=O) groups is 1. The van der Waals surface area contributed by atoms with E-state index in [2.05, 4.69) is 11.4 Å². The largest absolute Gasteiger partial charge is 0.347 e. The minimum Gasteiger partial charge on any atom is -0.347 e. The van der Waals surface area contributed by atoms with E-state index in [1.807, 2.05) is 62.1 Å². The Morgan fingerprint density at radius 3 is 2.31 bits per heavy atom. The average Bonchev–Trinajstić information content (AvgIpc) is 2.87. The lowest BCUT2D eigenvalue weighted by Crippen LogP contribution is -2.48. The van der Waals surface area contributed by atoms with Gasteiger partial charge in [0.2, 0.25) is 0 Å². The van der Waals surface area contributed by atoms with E-state index in [0.717, 1.165) is 16.8 Å². The van der Waals surface area contributed by atoms with Gasteiger partial charge in [-0.2, -0.15) is 5.26 Å². The molecule has 3 unspecified atom stereocenters. The highest BCUT2D eigenvalue weighted by molar-refractivity contribution is 5.94. The number of nitriles is 1. The molecule has 26 heavy (non-hydrogen) atoms. The summed E-state index contributed by atoms with van der Waals surface area (Å²) in [6.07, 6.45) is -1.58. The average molecular weight is 346 g/mol. The molecule has 4 heteroatoms. The van der Waals surface area contributed by atoms with Gasteiger partial charge in [0, 0.05) is 11.3 Å². The predicted octanol–water partition coefficient (Wildman–Crippen LogP) is 4.25. The Balaban J connectivity index is 2.01. The number of rotatable bonds is 4. The van der Waals surface area contributed by atoms with Gasteiger partial charge >= 0.3 is 0 Å². The summed E-state index contributed by atoms with van der Waals surface area (Å²) in [5.41, 5.74) is 3.15. The van der Waals surface area contributed by atoms with Gasteiger partial charge in [-0.3, -0.25) is 4.79 Å². The molecule has 2 aromatic rings. The molecule has 0 saturated heterocycles. The summed E-state index contributed by atoms with van der Waals surface area (Å²) in [7, 11) is 0. The number of amides is 1. The van der Waals surface area contributed by atoms with Crippen molar-refractivity contribution in [1.82, 2.24) is 10.2 Å². The third-order valence-corrected chi connectivity index (χ3v) is 4.97. The maximum atomic E-state index is 12.8. The quantitative estimate of drug-likeness (QED) is 0.900. The number of hydrogen-bond donors (Lipinski definition) is 1. The molecule has 0 bridgehead atoms. The van der Waals surface area contributed by atoms with Crippen molar-refractivity contribution in [2.75, 3.05) is 0 Å². The maximum absolute atomic E-state index is 12.8. The number of carbonyl (C=O) groups excluding carboxylic acids is 1. The smallest absolute Gasteiger partial charge is 0.252 e. The van der Waals surface area contributed by atoms with Crippen LogP contribution in [-0.2, 0) is 0 Å². The highest BCUT2D eigenvalue weighted by Crippen LogP contribution is 2.38. The lowest BCUT2D eigenvalue weighted by atomic mass is 10.0. The molecule has 132 valence electrons. The number of benzene rings is 2. The van der Waals surface area contributed by atoms with Crippen LogP contribution in [0.3, 0.4) is 0 Å². The van der Waals surface area contributed by atoms with Crippen LogP contribution < -0.4 is 5.32 Å². The maximum Gasteiger partial charge on any atom is 0.252 e. The second-order valence-corrected chi connectivity index (χ2v) is 6.49. The number of allylic oxidation sites excluding steroid dienone is 1. The second-order valence-electron chi connectivity index (χ2n) is 6.49. The highest BCUT2D eigenvalue weighted by Gasteiger charge is 2.40. The molecule has 1 N–H and O–H groups in total. The third kappa shape index (κ3) is 3.21. The van der Waals surface area contributed by atoms with Gasteiger partial charge in [-0.25, -0.2) is 0 Å². The number of nitrogens with zero attached hydrogens (tertiary/aromatic N) is 2. The molecule has 0 fully saturated rings. The first-order valence-electron chi connectivity index (χ1n) is 9.19. The monoisotopic (exact) mass is 346 g/mol. The van der Waals surface area contributed by atoms with E-state index < -0.39 is 12.1 Å². The Hall–Kier alpha value is -3.06. The lowest BCUT2D eigenvalue weighted by molar-refractivity contribution is 0.0848. The first kappa shape index (κ1) is 16.4. The fourth-order valence-electron chi connectivity index (χ4n) is 3.37. The highest BCUT2D eigenvalue weighted by atomic mass is 16.1. The number of hydrogen-bond acceptors (Lipinski definition) is 3. The Morgan fingerprint density at radius 2 is 1.73 bits per heavy atom. The zero-order valence-electron chi connectivity index (χ0n) is 16.2. The minimum absolute atomic E-state index is 0.173. The molecular weight excluding hydrogens is 322 g/mol. The van der Waals surface area contributed by atoms with E-state index in [4.69, 9.17) is 1.37 Å². The molecule has 0 radical (unpaired) electrons. The van der Waals surface area contributed by atoms with E-state index in [0.29, 0.717) is 5.56 Å². The lowest BCUT2D eigenvalue weighted by Gasteiger charge is -2.36.